The molecule has 9 nitrogen and oxygen atoms in total. The topological polar surface area (TPSA) is 110 Å². The molecule has 0 unspecified atom stereocenters. The fourth-order valence-electron chi connectivity index (χ4n) is 3.77. The molecule has 1 saturated carbocycles. The smallest absolute Gasteiger partial charge is 0.243 e. The van der Waals surface area contributed by atoms with Crippen LogP contribution in [0.5, 0.6) is 0 Å². The van der Waals surface area contributed by atoms with Crippen molar-refractivity contribution < 1.29 is 13.2 Å². The Labute approximate surface area is 174 Å². The Morgan fingerprint density at radius 2 is 1.79 bits per heavy atom. The fourth-order valence-corrected chi connectivity index (χ4v) is 6.03. The standard InChI is InChI=1S/C18H24N6O3S2/c25-17(13-28-18-20-21-22-24(18)15-5-1-2-6-15)19-14-7-9-16(10-8-14)29(26,27)23-11-3-4-12-23/h7-10,15H,1-6,11-13H2,(H,19,25). The number of tetrazole rings is 1. The monoisotopic (exact) mass is 436 g/mol. The van der Waals surface area contributed by atoms with Crippen LogP contribution in [-0.2, 0) is 14.8 Å². The molecule has 156 valence electrons. The molecule has 4 rings (SSSR count). The van der Waals surface area contributed by atoms with Gasteiger partial charge < -0.3 is 5.32 Å². The quantitative estimate of drug-likeness (QED) is 0.663. The van der Waals surface area contributed by atoms with E-state index >= 15 is 0 Å². The molecule has 2 aliphatic rings. The van der Waals surface area contributed by atoms with Crippen LogP contribution in [0.25, 0.3) is 0 Å². The van der Waals surface area contributed by atoms with E-state index < -0.39 is 10.0 Å². The zero-order valence-corrected chi connectivity index (χ0v) is 17.7. The minimum absolute atomic E-state index is 0.181. The van der Waals surface area contributed by atoms with Crippen molar-refractivity contribution in [2.24, 2.45) is 0 Å². The number of hydrogen-bond donors (Lipinski definition) is 1. The van der Waals surface area contributed by atoms with Crippen molar-refractivity contribution in [2.45, 2.75) is 54.6 Å². The van der Waals surface area contributed by atoms with Gasteiger partial charge in [0.25, 0.3) is 0 Å². The van der Waals surface area contributed by atoms with Gasteiger partial charge in [-0.25, -0.2) is 13.1 Å². The third-order valence-electron chi connectivity index (χ3n) is 5.31. The van der Waals surface area contributed by atoms with Gasteiger partial charge in [-0.05, 0) is 60.4 Å². The van der Waals surface area contributed by atoms with Crippen molar-refractivity contribution in [3.8, 4) is 0 Å². The highest BCUT2D eigenvalue weighted by molar-refractivity contribution is 7.99. The van der Waals surface area contributed by atoms with Gasteiger partial charge in [0.1, 0.15) is 0 Å². The highest BCUT2D eigenvalue weighted by Gasteiger charge is 2.27. The van der Waals surface area contributed by atoms with Crippen LogP contribution >= 0.6 is 11.8 Å². The van der Waals surface area contributed by atoms with Gasteiger partial charge in [0, 0.05) is 18.8 Å². The van der Waals surface area contributed by atoms with Crippen LogP contribution in [0.3, 0.4) is 0 Å². The predicted octanol–water partition coefficient (Wildman–Crippen LogP) is 2.30. The van der Waals surface area contributed by atoms with E-state index in [1.54, 1.807) is 12.1 Å². The summed E-state index contributed by atoms with van der Waals surface area (Å²) in [7, 11) is -3.45. The number of thioether (sulfide) groups is 1. The number of carbonyl (C=O) groups excluding carboxylic acids is 1. The summed E-state index contributed by atoms with van der Waals surface area (Å²) < 4.78 is 28.4. The molecule has 2 heterocycles. The molecule has 0 atom stereocenters. The maximum Gasteiger partial charge on any atom is 0.243 e. The fraction of sp³-hybridized carbons (Fsp3) is 0.556. The van der Waals surface area contributed by atoms with E-state index in [1.165, 1.54) is 41.0 Å². The van der Waals surface area contributed by atoms with E-state index in [9.17, 15) is 13.2 Å². The number of carbonyl (C=O) groups is 1. The number of amides is 1. The average Bonchev–Trinajstić information content (AvgIpc) is 3.49. The largest absolute Gasteiger partial charge is 0.325 e. The second-order valence-corrected chi connectivity index (χ2v) is 10.2. The van der Waals surface area contributed by atoms with Gasteiger partial charge >= 0.3 is 0 Å². The lowest BCUT2D eigenvalue weighted by atomic mass is 10.3. The minimum Gasteiger partial charge on any atom is -0.325 e. The number of benzene rings is 1. The van der Waals surface area contributed by atoms with Gasteiger partial charge in [-0.3, -0.25) is 4.79 Å². The highest BCUT2D eigenvalue weighted by Crippen LogP contribution is 2.31. The Balaban J connectivity index is 1.33. The highest BCUT2D eigenvalue weighted by atomic mass is 32.2. The van der Waals surface area contributed by atoms with Gasteiger partial charge in [0.05, 0.1) is 16.7 Å². The summed E-state index contributed by atoms with van der Waals surface area (Å²) in [6.07, 6.45) is 6.29. The van der Waals surface area contributed by atoms with Gasteiger partial charge in [0.2, 0.25) is 21.1 Å². The Bertz CT molecular complexity index is 948. The first-order valence-corrected chi connectivity index (χ1v) is 12.3. The lowest BCUT2D eigenvalue weighted by Gasteiger charge is -2.15. The average molecular weight is 437 g/mol. The molecular weight excluding hydrogens is 412 g/mol. The minimum atomic E-state index is -3.45. The zero-order valence-electron chi connectivity index (χ0n) is 16.0. The second-order valence-electron chi connectivity index (χ2n) is 7.32. The molecule has 0 bridgehead atoms. The van der Waals surface area contributed by atoms with E-state index in [2.05, 4.69) is 20.8 Å². The van der Waals surface area contributed by atoms with E-state index in [0.29, 0.717) is 30.0 Å². The van der Waals surface area contributed by atoms with E-state index in [1.807, 2.05) is 4.68 Å². The van der Waals surface area contributed by atoms with Crippen molar-refractivity contribution in [1.82, 2.24) is 24.5 Å². The van der Waals surface area contributed by atoms with Crippen molar-refractivity contribution in [3.05, 3.63) is 24.3 Å². The summed E-state index contributed by atoms with van der Waals surface area (Å²) in [5.74, 6) is -0.00731. The zero-order chi connectivity index (χ0) is 20.3. The van der Waals surface area contributed by atoms with Gasteiger partial charge in [-0.1, -0.05) is 24.6 Å². The molecule has 1 aliphatic heterocycles. The second kappa shape index (κ2) is 8.80. The van der Waals surface area contributed by atoms with Crippen molar-refractivity contribution in [2.75, 3.05) is 24.2 Å². The maximum absolute atomic E-state index is 12.6. The molecule has 1 amide bonds. The lowest BCUT2D eigenvalue weighted by Crippen LogP contribution is -2.27. The van der Waals surface area contributed by atoms with Crippen LogP contribution in [0.1, 0.15) is 44.6 Å². The van der Waals surface area contributed by atoms with Crippen LogP contribution in [0.15, 0.2) is 34.3 Å². The Morgan fingerprint density at radius 1 is 1.10 bits per heavy atom. The summed E-state index contributed by atoms with van der Waals surface area (Å²) in [5, 5.41) is 15.3. The molecule has 0 spiro atoms. The normalized spacial score (nSPS) is 18.3. The molecule has 2 aromatic rings. The number of anilines is 1. The molecule has 1 N–H and O–H groups in total. The van der Waals surface area contributed by atoms with E-state index in [0.717, 1.165) is 25.7 Å². The van der Waals surface area contributed by atoms with Crippen LogP contribution in [0.4, 0.5) is 5.69 Å². The maximum atomic E-state index is 12.6. The molecule has 1 aromatic carbocycles. The third-order valence-corrected chi connectivity index (χ3v) is 8.15. The third kappa shape index (κ3) is 4.62. The summed E-state index contributed by atoms with van der Waals surface area (Å²) in [6, 6.07) is 6.64. The number of rotatable bonds is 7. The SMILES string of the molecule is O=C(CSc1nnnn1C1CCCC1)Nc1ccc(S(=O)(=O)N2CCCC2)cc1. The first-order chi connectivity index (χ1) is 14.0. The van der Waals surface area contributed by atoms with Crippen molar-refractivity contribution in [3.63, 3.8) is 0 Å². The van der Waals surface area contributed by atoms with E-state index in [-0.39, 0.29) is 16.6 Å². The number of nitrogens with one attached hydrogen (secondary N) is 1. The van der Waals surface area contributed by atoms with Gasteiger partial charge in [0.15, 0.2) is 0 Å². The summed E-state index contributed by atoms with van der Waals surface area (Å²) >= 11 is 1.30. The molecule has 29 heavy (non-hydrogen) atoms. The molecule has 0 radical (unpaired) electrons. The molecule has 11 heteroatoms. The Kier molecular flexibility index (Phi) is 6.16. The van der Waals surface area contributed by atoms with Crippen LogP contribution in [-0.4, -0.2) is 57.7 Å². The molecule has 2 fully saturated rings. The number of sulfonamides is 1. The molecule has 1 aromatic heterocycles. The lowest BCUT2D eigenvalue weighted by molar-refractivity contribution is -0.113. The number of aromatic nitrogens is 4. The molecule has 1 aliphatic carbocycles. The summed E-state index contributed by atoms with van der Waals surface area (Å²) in [6.45, 7) is 1.14. The van der Waals surface area contributed by atoms with Crippen molar-refractivity contribution >= 4 is 33.4 Å². The summed E-state index contributed by atoms with van der Waals surface area (Å²) in [5.41, 5.74) is 0.561. The summed E-state index contributed by atoms with van der Waals surface area (Å²) in [4.78, 5) is 12.5. The molecule has 1 saturated heterocycles. The number of nitrogens with zero attached hydrogens (tertiary/aromatic N) is 5. The van der Waals surface area contributed by atoms with E-state index in [4.69, 9.17) is 0 Å². The molecular formula is C18H24N6O3S2. The van der Waals surface area contributed by atoms with Crippen LogP contribution in [0, 0.1) is 0 Å². The Hall–Kier alpha value is -1.98. The first kappa shape index (κ1) is 20.3. The van der Waals surface area contributed by atoms with Crippen LogP contribution in [0.2, 0.25) is 0 Å². The van der Waals surface area contributed by atoms with Gasteiger partial charge in [-0.15, -0.1) is 5.10 Å². The van der Waals surface area contributed by atoms with Gasteiger partial charge in [-0.2, -0.15) is 4.31 Å². The Morgan fingerprint density at radius 3 is 2.48 bits per heavy atom. The van der Waals surface area contributed by atoms with Crippen molar-refractivity contribution in [1.29, 1.82) is 0 Å². The van der Waals surface area contributed by atoms with Crippen LogP contribution < -0.4 is 5.32 Å². The predicted molar refractivity (Wildman–Crippen MR) is 109 cm³/mol. The first-order valence-electron chi connectivity index (χ1n) is 9.85. The number of hydrogen-bond acceptors (Lipinski definition) is 7.